The zero-order chi connectivity index (χ0) is 14.8. The SMILES string of the molecule is CC(=O)c1ccc(NC(=O)N2CCc3sccc3C2)cc1. The number of rotatable bonds is 2. The molecule has 0 aliphatic carbocycles. The zero-order valence-electron chi connectivity index (χ0n) is 11.8. The minimum atomic E-state index is -0.0950. The summed E-state index contributed by atoms with van der Waals surface area (Å²) in [6, 6.07) is 8.96. The molecule has 1 aliphatic heterocycles. The molecule has 2 amide bonds. The van der Waals surface area contributed by atoms with Crippen molar-refractivity contribution >= 4 is 28.8 Å². The molecule has 2 aromatic rings. The third-order valence-electron chi connectivity index (χ3n) is 3.64. The maximum Gasteiger partial charge on any atom is 0.322 e. The van der Waals surface area contributed by atoms with Crippen molar-refractivity contribution in [2.75, 3.05) is 11.9 Å². The molecule has 0 radical (unpaired) electrons. The van der Waals surface area contributed by atoms with Gasteiger partial charge in [-0.1, -0.05) is 0 Å². The molecule has 1 aromatic heterocycles. The van der Waals surface area contributed by atoms with E-state index in [1.165, 1.54) is 17.4 Å². The van der Waals surface area contributed by atoms with Gasteiger partial charge in [0.2, 0.25) is 0 Å². The van der Waals surface area contributed by atoms with E-state index < -0.39 is 0 Å². The number of Topliss-reactive ketones (excluding diaryl/α,β-unsaturated/α-hetero) is 1. The first kappa shape index (κ1) is 13.8. The van der Waals surface area contributed by atoms with Gasteiger partial charge >= 0.3 is 6.03 Å². The van der Waals surface area contributed by atoms with E-state index in [1.54, 1.807) is 35.6 Å². The van der Waals surface area contributed by atoms with Gasteiger partial charge < -0.3 is 10.2 Å². The molecule has 1 aliphatic rings. The smallest absolute Gasteiger partial charge is 0.320 e. The van der Waals surface area contributed by atoms with E-state index in [0.717, 1.165) is 13.0 Å². The lowest BCUT2D eigenvalue weighted by Crippen LogP contribution is -2.38. The summed E-state index contributed by atoms with van der Waals surface area (Å²) in [5.74, 6) is 0.0221. The van der Waals surface area contributed by atoms with Gasteiger partial charge in [0.05, 0.1) is 0 Å². The normalized spacial score (nSPS) is 13.7. The highest BCUT2D eigenvalue weighted by molar-refractivity contribution is 7.10. The topological polar surface area (TPSA) is 49.4 Å². The van der Waals surface area contributed by atoms with Gasteiger partial charge in [-0.2, -0.15) is 0 Å². The van der Waals surface area contributed by atoms with Crippen molar-refractivity contribution in [3.8, 4) is 0 Å². The Kier molecular flexibility index (Phi) is 3.75. The Morgan fingerprint density at radius 3 is 2.67 bits per heavy atom. The Hall–Kier alpha value is -2.14. The lowest BCUT2D eigenvalue weighted by atomic mass is 10.1. The highest BCUT2D eigenvalue weighted by Gasteiger charge is 2.21. The summed E-state index contributed by atoms with van der Waals surface area (Å²) in [6.07, 6.45) is 0.920. The molecule has 0 spiro atoms. The number of urea groups is 1. The number of nitrogens with one attached hydrogen (secondary N) is 1. The molecule has 0 saturated heterocycles. The van der Waals surface area contributed by atoms with E-state index in [1.807, 2.05) is 4.90 Å². The van der Waals surface area contributed by atoms with Gasteiger partial charge in [-0.3, -0.25) is 4.79 Å². The lowest BCUT2D eigenvalue weighted by molar-refractivity contribution is 0.101. The fourth-order valence-electron chi connectivity index (χ4n) is 2.41. The first-order chi connectivity index (χ1) is 10.1. The van der Waals surface area contributed by atoms with Gasteiger partial charge in [-0.15, -0.1) is 11.3 Å². The lowest BCUT2D eigenvalue weighted by Gasteiger charge is -2.27. The molecule has 3 rings (SSSR count). The molecular formula is C16H16N2O2S. The van der Waals surface area contributed by atoms with Crippen LogP contribution >= 0.6 is 11.3 Å². The zero-order valence-corrected chi connectivity index (χ0v) is 12.6. The Labute approximate surface area is 127 Å². The quantitative estimate of drug-likeness (QED) is 0.862. The van der Waals surface area contributed by atoms with Gasteiger partial charge in [0.1, 0.15) is 0 Å². The predicted molar refractivity (Wildman–Crippen MR) is 83.9 cm³/mol. The number of carbonyl (C=O) groups is 2. The molecule has 0 atom stereocenters. The van der Waals surface area contributed by atoms with Crippen molar-refractivity contribution in [3.63, 3.8) is 0 Å². The standard InChI is InChI=1S/C16H16N2O2S/c1-11(19)12-2-4-14(5-3-12)17-16(20)18-8-6-15-13(10-18)7-9-21-15/h2-5,7,9H,6,8,10H2,1H3,(H,17,20). The van der Waals surface area contributed by atoms with Crippen molar-refractivity contribution in [2.24, 2.45) is 0 Å². The van der Waals surface area contributed by atoms with E-state index >= 15 is 0 Å². The molecule has 0 unspecified atom stereocenters. The summed E-state index contributed by atoms with van der Waals surface area (Å²) in [5.41, 5.74) is 2.60. The summed E-state index contributed by atoms with van der Waals surface area (Å²) in [7, 11) is 0. The first-order valence-electron chi connectivity index (χ1n) is 6.85. The monoisotopic (exact) mass is 300 g/mol. The number of hydrogen-bond acceptors (Lipinski definition) is 3. The fraction of sp³-hybridized carbons (Fsp3) is 0.250. The molecule has 0 bridgehead atoms. The minimum absolute atomic E-state index is 0.0221. The van der Waals surface area contributed by atoms with Crippen LogP contribution < -0.4 is 5.32 Å². The maximum atomic E-state index is 12.3. The molecular weight excluding hydrogens is 284 g/mol. The molecule has 4 nitrogen and oxygen atoms in total. The van der Waals surface area contributed by atoms with Crippen LogP contribution in [0.1, 0.15) is 27.7 Å². The minimum Gasteiger partial charge on any atom is -0.320 e. The molecule has 21 heavy (non-hydrogen) atoms. The molecule has 1 N–H and O–H groups in total. The summed E-state index contributed by atoms with van der Waals surface area (Å²) in [6.45, 7) is 2.93. The number of ketones is 1. The van der Waals surface area contributed by atoms with E-state index in [-0.39, 0.29) is 11.8 Å². The average Bonchev–Trinajstić information content (AvgIpc) is 2.95. The highest BCUT2D eigenvalue weighted by Crippen LogP contribution is 2.24. The summed E-state index contributed by atoms with van der Waals surface area (Å²) in [4.78, 5) is 26.7. The number of fused-ring (bicyclic) bond motifs is 1. The number of carbonyl (C=O) groups excluding carboxylic acids is 2. The second-order valence-electron chi connectivity index (χ2n) is 5.10. The number of hydrogen-bond donors (Lipinski definition) is 1. The number of amides is 2. The van der Waals surface area contributed by atoms with Crippen molar-refractivity contribution in [1.82, 2.24) is 4.90 Å². The van der Waals surface area contributed by atoms with Crippen LogP contribution in [0.5, 0.6) is 0 Å². The first-order valence-corrected chi connectivity index (χ1v) is 7.73. The Morgan fingerprint density at radius 1 is 1.19 bits per heavy atom. The van der Waals surface area contributed by atoms with Crippen LogP contribution in [0.15, 0.2) is 35.7 Å². The summed E-state index contributed by atoms with van der Waals surface area (Å²) < 4.78 is 0. The molecule has 0 fully saturated rings. The van der Waals surface area contributed by atoms with Crippen LogP contribution in [0.25, 0.3) is 0 Å². The highest BCUT2D eigenvalue weighted by atomic mass is 32.1. The van der Waals surface area contributed by atoms with E-state index in [2.05, 4.69) is 16.8 Å². The second-order valence-corrected chi connectivity index (χ2v) is 6.10. The summed E-state index contributed by atoms with van der Waals surface area (Å²) >= 11 is 1.76. The second kappa shape index (κ2) is 5.69. The van der Waals surface area contributed by atoms with E-state index in [4.69, 9.17) is 0 Å². The Bertz CT molecular complexity index is 676. The summed E-state index contributed by atoms with van der Waals surface area (Å²) in [5, 5.41) is 4.96. The van der Waals surface area contributed by atoms with Crippen LogP contribution in [0.3, 0.4) is 0 Å². The van der Waals surface area contributed by atoms with Crippen molar-refractivity contribution in [2.45, 2.75) is 19.9 Å². The maximum absolute atomic E-state index is 12.3. The number of nitrogens with zero attached hydrogens (tertiary/aromatic N) is 1. The average molecular weight is 300 g/mol. The fourth-order valence-corrected chi connectivity index (χ4v) is 3.30. The van der Waals surface area contributed by atoms with Crippen LogP contribution in [-0.4, -0.2) is 23.3 Å². The molecule has 5 heteroatoms. The van der Waals surface area contributed by atoms with E-state index in [9.17, 15) is 9.59 Å². The van der Waals surface area contributed by atoms with Crippen LogP contribution in [0, 0.1) is 0 Å². The van der Waals surface area contributed by atoms with Gasteiger partial charge in [0, 0.05) is 29.2 Å². The number of anilines is 1. The molecule has 1 aromatic carbocycles. The predicted octanol–water partition coefficient (Wildman–Crippen LogP) is 3.54. The largest absolute Gasteiger partial charge is 0.322 e. The molecule has 2 heterocycles. The third-order valence-corrected chi connectivity index (χ3v) is 4.66. The third kappa shape index (κ3) is 2.97. The van der Waals surface area contributed by atoms with Crippen molar-refractivity contribution < 1.29 is 9.59 Å². The van der Waals surface area contributed by atoms with Crippen LogP contribution in [0.4, 0.5) is 10.5 Å². The van der Waals surface area contributed by atoms with E-state index in [0.29, 0.717) is 17.8 Å². The van der Waals surface area contributed by atoms with Gasteiger partial charge in [0.15, 0.2) is 5.78 Å². The Morgan fingerprint density at radius 2 is 1.95 bits per heavy atom. The Balaban J connectivity index is 1.65. The van der Waals surface area contributed by atoms with Gasteiger partial charge in [-0.25, -0.2) is 4.79 Å². The number of thiophene rings is 1. The molecule has 0 saturated carbocycles. The van der Waals surface area contributed by atoms with Crippen molar-refractivity contribution in [3.05, 3.63) is 51.7 Å². The number of benzene rings is 1. The van der Waals surface area contributed by atoms with Crippen LogP contribution in [-0.2, 0) is 13.0 Å². The van der Waals surface area contributed by atoms with Gasteiger partial charge in [0.25, 0.3) is 0 Å². The van der Waals surface area contributed by atoms with Crippen molar-refractivity contribution in [1.29, 1.82) is 0 Å². The molecule has 108 valence electrons. The van der Waals surface area contributed by atoms with Crippen LogP contribution in [0.2, 0.25) is 0 Å². The van der Waals surface area contributed by atoms with Gasteiger partial charge in [-0.05, 0) is 54.6 Å².